The van der Waals surface area contributed by atoms with Gasteiger partial charge in [-0.3, -0.25) is 4.90 Å². The van der Waals surface area contributed by atoms with Crippen LogP contribution in [-0.2, 0) is 16.2 Å². The molecule has 0 bridgehead atoms. The highest BCUT2D eigenvalue weighted by Crippen LogP contribution is 2.36. The van der Waals surface area contributed by atoms with Crippen LogP contribution in [0.3, 0.4) is 0 Å². The number of anilines is 2. The first-order chi connectivity index (χ1) is 15.2. The number of piperazine rings is 1. The van der Waals surface area contributed by atoms with Gasteiger partial charge < -0.3 is 10.2 Å². The largest absolute Gasteiger partial charge is 0.416 e. The Morgan fingerprint density at radius 1 is 1.03 bits per heavy atom. The molecule has 0 unspecified atom stereocenters. The lowest BCUT2D eigenvalue weighted by Gasteiger charge is -2.35. The van der Waals surface area contributed by atoms with E-state index in [1.54, 1.807) is 18.5 Å². The third kappa shape index (κ3) is 4.48. The van der Waals surface area contributed by atoms with E-state index in [1.807, 2.05) is 4.90 Å². The molecule has 3 heterocycles. The number of halogens is 3. The van der Waals surface area contributed by atoms with Crippen LogP contribution in [0.4, 0.5) is 29.6 Å². The molecule has 1 saturated heterocycles. The maximum absolute atomic E-state index is 13.0. The predicted molar refractivity (Wildman–Crippen MR) is 110 cm³/mol. The molecule has 1 fully saturated rings. The molecule has 1 aromatic carbocycles. The van der Waals surface area contributed by atoms with E-state index in [-0.39, 0.29) is 12.2 Å². The number of nitrogens with one attached hydrogen (secondary N) is 1. The van der Waals surface area contributed by atoms with Gasteiger partial charge in [0.1, 0.15) is 4.90 Å². The van der Waals surface area contributed by atoms with Gasteiger partial charge in [-0.2, -0.15) is 13.2 Å². The average molecular weight is 470 g/mol. The first-order valence-electron chi connectivity index (χ1n) is 9.95. The SMILES string of the molecule is O=C1Nc2ccc(C(F)(F)F)cc2S(=O)(=O)N1CCCN1CCN(c2ncccn2)CC1. The number of amides is 2. The Morgan fingerprint density at radius 2 is 1.72 bits per heavy atom. The summed E-state index contributed by atoms with van der Waals surface area (Å²) < 4.78 is 65.3. The van der Waals surface area contributed by atoms with Crippen LogP contribution < -0.4 is 10.2 Å². The molecule has 0 atom stereocenters. The van der Waals surface area contributed by atoms with Crippen molar-refractivity contribution >= 4 is 27.7 Å². The molecule has 172 valence electrons. The number of carbonyl (C=O) groups is 1. The fraction of sp³-hybridized carbons (Fsp3) is 0.421. The van der Waals surface area contributed by atoms with Crippen molar-refractivity contribution < 1.29 is 26.4 Å². The van der Waals surface area contributed by atoms with Crippen molar-refractivity contribution in [3.63, 3.8) is 0 Å². The van der Waals surface area contributed by atoms with Gasteiger partial charge in [-0.25, -0.2) is 27.5 Å². The zero-order valence-electron chi connectivity index (χ0n) is 16.9. The van der Waals surface area contributed by atoms with Crippen molar-refractivity contribution in [1.29, 1.82) is 0 Å². The second-order valence-corrected chi connectivity index (χ2v) is 9.28. The summed E-state index contributed by atoms with van der Waals surface area (Å²) in [7, 11) is -4.38. The molecule has 4 rings (SSSR count). The lowest BCUT2D eigenvalue weighted by Crippen LogP contribution is -2.48. The van der Waals surface area contributed by atoms with Gasteiger partial charge in [-0.15, -0.1) is 0 Å². The van der Waals surface area contributed by atoms with E-state index in [0.717, 1.165) is 25.2 Å². The molecule has 0 saturated carbocycles. The van der Waals surface area contributed by atoms with Gasteiger partial charge in [-0.05, 0) is 30.7 Å². The summed E-state index contributed by atoms with van der Waals surface area (Å²) in [5.41, 5.74) is -1.24. The number of sulfonamides is 1. The topological polar surface area (TPSA) is 98.7 Å². The average Bonchev–Trinajstić information content (AvgIpc) is 2.76. The highest BCUT2D eigenvalue weighted by Gasteiger charge is 2.39. The van der Waals surface area contributed by atoms with Gasteiger partial charge in [0.2, 0.25) is 5.95 Å². The van der Waals surface area contributed by atoms with E-state index in [2.05, 4.69) is 20.2 Å². The lowest BCUT2D eigenvalue weighted by molar-refractivity contribution is -0.137. The van der Waals surface area contributed by atoms with Crippen LogP contribution in [0.2, 0.25) is 0 Å². The summed E-state index contributed by atoms with van der Waals surface area (Å²) in [4.78, 5) is 24.4. The summed E-state index contributed by atoms with van der Waals surface area (Å²) in [5.74, 6) is 0.653. The van der Waals surface area contributed by atoms with Crippen LogP contribution in [0.1, 0.15) is 12.0 Å². The van der Waals surface area contributed by atoms with Crippen molar-refractivity contribution in [3.05, 3.63) is 42.2 Å². The van der Waals surface area contributed by atoms with E-state index in [0.29, 0.717) is 42.4 Å². The minimum absolute atomic E-state index is 0.133. The van der Waals surface area contributed by atoms with Gasteiger partial charge in [-0.1, -0.05) is 0 Å². The maximum Gasteiger partial charge on any atom is 0.416 e. The lowest BCUT2D eigenvalue weighted by atomic mass is 10.2. The maximum atomic E-state index is 13.0. The summed E-state index contributed by atoms with van der Waals surface area (Å²) in [6.07, 6.45) is -0.990. The predicted octanol–water partition coefficient (Wildman–Crippen LogP) is 2.24. The molecule has 2 aromatic rings. The Hall–Kier alpha value is -2.93. The monoisotopic (exact) mass is 470 g/mol. The van der Waals surface area contributed by atoms with Crippen LogP contribution in [0, 0.1) is 0 Å². The van der Waals surface area contributed by atoms with Gasteiger partial charge in [0.15, 0.2) is 0 Å². The zero-order valence-corrected chi connectivity index (χ0v) is 17.7. The van der Waals surface area contributed by atoms with Crippen molar-refractivity contribution in [3.8, 4) is 0 Å². The molecule has 2 amide bonds. The minimum Gasteiger partial charge on any atom is -0.338 e. The van der Waals surface area contributed by atoms with Crippen LogP contribution >= 0.6 is 0 Å². The molecule has 2 aliphatic heterocycles. The number of benzene rings is 1. The minimum atomic E-state index is -4.69. The second kappa shape index (κ2) is 8.54. The fourth-order valence-corrected chi connectivity index (χ4v) is 5.25. The van der Waals surface area contributed by atoms with E-state index in [1.165, 1.54) is 0 Å². The number of hydrogen-bond donors (Lipinski definition) is 1. The molecule has 0 radical (unpaired) electrons. The quantitative estimate of drug-likeness (QED) is 0.716. The number of urea groups is 1. The van der Waals surface area contributed by atoms with Gasteiger partial charge in [0.25, 0.3) is 10.0 Å². The summed E-state index contributed by atoms with van der Waals surface area (Å²) >= 11 is 0. The molecule has 2 aliphatic rings. The molecule has 1 N–H and O–H groups in total. The van der Waals surface area contributed by atoms with Crippen LogP contribution in [0.5, 0.6) is 0 Å². The van der Waals surface area contributed by atoms with Gasteiger partial charge >= 0.3 is 12.2 Å². The summed E-state index contributed by atoms with van der Waals surface area (Å²) in [6, 6.07) is 3.13. The second-order valence-electron chi connectivity index (χ2n) is 7.45. The highest BCUT2D eigenvalue weighted by atomic mass is 32.2. The van der Waals surface area contributed by atoms with Crippen LogP contribution in [0.25, 0.3) is 0 Å². The molecule has 1 aromatic heterocycles. The third-order valence-electron chi connectivity index (χ3n) is 5.39. The number of alkyl halides is 3. The number of aromatic nitrogens is 2. The van der Waals surface area contributed by atoms with Crippen molar-refractivity contribution in [2.75, 3.05) is 49.5 Å². The normalized spacial score (nSPS) is 18.9. The molecule has 9 nitrogen and oxygen atoms in total. The molecule has 0 spiro atoms. The Labute approximate surface area is 182 Å². The first-order valence-corrected chi connectivity index (χ1v) is 11.4. The Balaban J connectivity index is 1.36. The molecular formula is C19H21F3N6O3S. The van der Waals surface area contributed by atoms with Crippen molar-refractivity contribution in [2.45, 2.75) is 17.5 Å². The number of nitrogens with zero attached hydrogens (tertiary/aromatic N) is 5. The van der Waals surface area contributed by atoms with Crippen molar-refractivity contribution in [2.24, 2.45) is 0 Å². The Morgan fingerprint density at radius 3 is 2.38 bits per heavy atom. The van der Waals surface area contributed by atoms with E-state index in [4.69, 9.17) is 0 Å². The molecule has 13 heteroatoms. The van der Waals surface area contributed by atoms with E-state index >= 15 is 0 Å². The van der Waals surface area contributed by atoms with E-state index in [9.17, 15) is 26.4 Å². The molecule has 32 heavy (non-hydrogen) atoms. The molecule has 0 aliphatic carbocycles. The number of carbonyl (C=O) groups excluding carboxylic acids is 1. The van der Waals surface area contributed by atoms with Crippen LogP contribution in [-0.4, -0.2) is 72.9 Å². The standard InChI is InChI=1S/C19H21F3N6O3S/c20-19(21,22)14-3-4-15-16(13-14)32(30,31)28(18(29)25-15)8-2-7-26-9-11-27(12-10-26)17-23-5-1-6-24-17/h1,3-6,13H,2,7-12H2,(H,25,29). The Kier molecular flexibility index (Phi) is 5.95. The van der Waals surface area contributed by atoms with Crippen molar-refractivity contribution in [1.82, 2.24) is 19.2 Å². The number of hydrogen-bond acceptors (Lipinski definition) is 7. The third-order valence-corrected chi connectivity index (χ3v) is 7.21. The number of rotatable bonds is 5. The fourth-order valence-electron chi connectivity index (χ4n) is 3.71. The van der Waals surface area contributed by atoms with Gasteiger partial charge in [0, 0.05) is 51.7 Å². The first kappa shape index (κ1) is 22.3. The molecular weight excluding hydrogens is 449 g/mol. The summed E-state index contributed by atoms with van der Waals surface area (Å²) in [5, 5.41) is 2.36. The number of fused-ring (bicyclic) bond motifs is 1. The zero-order chi connectivity index (χ0) is 22.9. The highest BCUT2D eigenvalue weighted by molar-refractivity contribution is 7.90. The smallest absolute Gasteiger partial charge is 0.338 e. The summed E-state index contributed by atoms with van der Waals surface area (Å²) in [6.45, 7) is 3.26. The van der Waals surface area contributed by atoms with Gasteiger partial charge in [0.05, 0.1) is 11.3 Å². The van der Waals surface area contributed by atoms with Crippen LogP contribution in [0.15, 0.2) is 41.6 Å². The van der Waals surface area contributed by atoms with E-state index < -0.39 is 32.7 Å². The Bertz CT molecular complexity index is 1090.